The van der Waals surface area contributed by atoms with Gasteiger partial charge in [-0.3, -0.25) is 9.59 Å². The second-order valence-electron chi connectivity index (χ2n) is 7.85. The van der Waals surface area contributed by atoms with Crippen molar-refractivity contribution < 1.29 is 19.8 Å². The van der Waals surface area contributed by atoms with Gasteiger partial charge in [-0.2, -0.15) is 0 Å². The predicted molar refractivity (Wildman–Crippen MR) is 125 cm³/mol. The third-order valence-electron chi connectivity index (χ3n) is 5.87. The van der Waals surface area contributed by atoms with Crippen LogP contribution in [0.5, 0.6) is 0 Å². The van der Waals surface area contributed by atoms with Gasteiger partial charge in [0, 0.05) is 43.4 Å². The van der Waals surface area contributed by atoms with Gasteiger partial charge in [-0.1, -0.05) is 23.2 Å². The molecule has 2 aromatic heterocycles. The number of aliphatic carboxylic acids is 1. The number of halogens is 2. The summed E-state index contributed by atoms with van der Waals surface area (Å²) >= 11 is 12.7. The van der Waals surface area contributed by atoms with E-state index in [1.165, 1.54) is 4.90 Å². The Balaban J connectivity index is 1.75. The van der Waals surface area contributed by atoms with Crippen LogP contribution in [0.15, 0.2) is 36.9 Å². The van der Waals surface area contributed by atoms with E-state index < -0.39 is 18.1 Å². The lowest BCUT2D eigenvalue weighted by atomic mass is 10.1. The van der Waals surface area contributed by atoms with Crippen molar-refractivity contribution in [1.29, 1.82) is 0 Å². The van der Waals surface area contributed by atoms with Crippen molar-refractivity contribution >= 4 is 51.8 Å². The fraction of sp³-hybridized carbons (Fsp3) is 0.364. The molecule has 9 nitrogen and oxygen atoms in total. The van der Waals surface area contributed by atoms with Gasteiger partial charge in [-0.05, 0) is 25.5 Å². The van der Waals surface area contributed by atoms with Crippen LogP contribution in [0.25, 0.3) is 16.6 Å². The van der Waals surface area contributed by atoms with Crippen LogP contribution in [-0.4, -0.2) is 73.3 Å². The number of aliphatic hydroxyl groups excluding tert-OH is 1. The maximum Gasteiger partial charge on any atom is 0.323 e. The molecule has 2 atom stereocenters. The van der Waals surface area contributed by atoms with E-state index in [0.717, 1.165) is 11.1 Å². The molecule has 4 rings (SSSR count). The molecule has 1 aliphatic heterocycles. The third-order valence-corrected chi connectivity index (χ3v) is 6.66. The number of imidazole rings is 1. The molecular weight excluding hydrogens is 469 g/mol. The molecule has 0 unspecified atom stereocenters. The number of aliphatic hydroxyl groups is 1. The number of benzene rings is 1. The molecule has 1 aromatic carbocycles. The van der Waals surface area contributed by atoms with Crippen LogP contribution >= 0.6 is 23.2 Å². The van der Waals surface area contributed by atoms with Gasteiger partial charge in [0.15, 0.2) is 0 Å². The average molecular weight is 492 g/mol. The number of carbonyl (C=O) groups excluding carboxylic acids is 1. The molecule has 11 heteroatoms. The zero-order valence-electron chi connectivity index (χ0n) is 17.9. The smallest absolute Gasteiger partial charge is 0.323 e. The van der Waals surface area contributed by atoms with E-state index in [1.807, 2.05) is 21.6 Å². The van der Waals surface area contributed by atoms with Gasteiger partial charge in [0.1, 0.15) is 12.4 Å². The molecule has 1 saturated heterocycles. The number of likely N-dealkylation sites (N-methyl/N-ethyl adjacent to an activating group) is 1. The first-order chi connectivity index (χ1) is 15.8. The van der Waals surface area contributed by atoms with E-state index in [4.69, 9.17) is 33.3 Å². The van der Waals surface area contributed by atoms with Crippen molar-refractivity contribution in [3.8, 4) is 5.69 Å². The number of carboxylic acid groups (broad SMARTS) is 1. The normalized spacial score (nSPS) is 18.1. The third kappa shape index (κ3) is 4.62. The van der Waals surface area contributed by atoms with Gasteiger partial charge in [-0.25, -0.2) is 9.97 Å². The number of hydrogen-bond acceptors (Lipinski definition) is 6. The Morgan fingerprint density at radius 1 is 1.30 bits per heavy atom. The Hall–Kier alpha value is -2.88. The van der Waals surface area contributed by atoms with Crippen molar-refractivity contribution in [2.24, 2.45) is 0 Å². The Bertz CT molecular complexity index is 1190. The van der Waals surface area contributed by atoms with Gasteiger partial charge >= 0.3 is 5.97 Å². The number of carboxylic acids is 1. The molecule has 1 fully saturated rings. The molecule has 0 saturated carbocycles. The van der Waals surface area contributed by atoms with Crippen molar-refractivity contribution in [3.05, 3.63) is 47.0 Å². The zero-order valence-corrected chi connectivity index (χ0v) is 19.4. The van der Waals surface area contributed by atoms with E-state index in [9.17, 15) is 14.7 Å². The SMILES string of the molecule is CCN(CC(=O)O)C(=O)C[C@@H]1[C@@H](O)CCN1c1cc(-n2ccnc2)c2ccc(Cl)c(Cl)c2n1. The summed E-state index contributed by atoms with van der Waals surface area (Å²) in [7, 11) is 0. The summed E-state index contributed by atoms with van der Waals surface area (Å²) in [6, 6.07) is 4.84. The molecule has 0 radical (unpaired) electrons. The van der Waals surface area contributed by atoms with E-state index in [2.05, 4.69) is 4.98 Å². The van der Waals surface area contributed by atoms with Crippen molar-refractivity contribution in [1.82, 2.24) is 19.4 Å². The number of rotatable bonds is 7. The van der Waals surface area contributed by atoms with Crippen molar-refractivity contribution in [2.75, 3.05) is 24.5 Å². The number of aromatic nitrogens is 3. The quantitative estimate of drug-likeness (QED) is 0.522. The Labute approximate surface area is 200 Å². The van der Waals surface area contributed by atoms with Crippen LogP contribution in [0.2, 0.25) is 10.0 Å². The summed E-state index contributed by atoms with van der Waals surface area (Å²) in [4.78, 5) is 35.9. The number of pyridine rings is 1. The molecule has 0 spiro atoms. The number of carbonyl (C=O) groups is 2. The molecular formula is C22H23Cl2N5O4. The van der Waals surface area contributed by atoms with Crippen LogP contribution < -0.4 is 4.90 Å². The van der Waals surface area contributed by atoms with Gasteiger partial charge in [0.05, 0.1) is 39.7 Å². The van der Waals surface area contributed by atoms with E-state index >= 15 is 0 Å². The minimum Gasteiger partial charge on any atom is -0.480 e. The highest BCUT2D eigenvalue weighted by atomic mass is 35.5. The van der Waals surface area contributed by atoms with Crippen LogP contribution in [-0.2, 0) is 9.59 Å². The number of amides is 1. The second-order valence-corrected chi connectivity index (χ2v) is 8.63. The summed E-state index contributed by atoms with van der Waals surface area (Å²) in [5.74, 6) is -0.889. The monoisotopic (exact) mass is 491 g/mol. The second kappa shape index (κ2) is 9.54. The molecule has 1 aliphatic rings. The molecule has 3 heterocycles. The lowest BCUT2D eigenvalue weighted by Gasteiger charge is -2.29. The predicted octanol–water partition coefficient (Wildman–Crippen LogP) is 2.99. The van der Waals surface area contributed by atoms with Crippen LogP contribution in [0.3, 0.4) is 0 Å². The lowest BCUT2D eigenvalue weighted by Crippen LogP contribution is -2.43. The fourth-order valence-corrected chi connectivity index (χ4v) is 4.54. The Kier molecular flexibility index (Phi) is 6.73. The van der Waals surface area contributed by atoms with Crippen molar-refractivity contribution in [2.45, 2.75) is 31.9 Å². The number of anilines is 1. The van der Waals surface area contributed by atoms with E-state index in [0.29, 0.717) is 34.3 Å². The summed E-state index contributed by atoms with van der Waals surface area (Å²) in [6.07, 6.45) is 4.77. The number of hydrogen-bond donors (Lipinski definition) is 2. The van der Waals surface area contributed by atoms with Gasteiger partial charge in [-0.15, -0.1) is 0 Å². The summed E-state index contributed by atoms with van der Waals surface area (Å²) in [6.45, 7) is 2.08. The minimum atomic E-state index is -1.08. The highest BCUT2D eigenvalue weighted by Crippen LogP contribution is 2.36. The highest BCUT2D eigenvalue weighted by molar-refractivity contribution is 6.45. The zero-order chi connectivity index (χ0) is 23.7. The molecule has 1 amide bonds. The maximum absolute atomic E-state index is 12.8. The Morgan fingerprint density at radius 3 is 2.76 bits per heavy atom. The molecule has 33 heavy (non-hydrogen) atoms. The number of nitrogens with zero attached hydrogens (tertiary/aromatic N) is 5. The average Bonchev–Trinajstić information content (AvgIpc) is 3.44. The van der Waals surface area contributed by atoms with Gasteiger partial charge in [0.2, 0.25) is 5.91 Å². The first kappa shape index (κ1) is 23.3. The summed E-state index contributed by atoms with van der Waals surface area (Å²) in [5, 5.41) is 21.2. The fourth-order valence-electron chi connectivity index (χ4n) is 4.18. The summed E-state index contributed by atoms with van der Waals surface area (Å²) < 4.78 is 1.83. The topological polar surface area (TPSA) is 112 Å². The molecule has 2 N–H and O–H groups in total. The first-order valence-corrected chi connectivity index (χ1v) is 11.3. The molecule has 174 valence electrons. The largest absolute Gasteiger partial charge is 0.480 e. The van der Waals surface area contributed by atoms with Crippen LogP contribution in [0.4, 0.5) is 5.82 Å². The Morgan fingerprint density at radius 2 is 2.09 bits per heavy atom. The van der Waals surface area contributed by atoms with Crippen LogP contribution in [0.1, 0.15) is 19.8 Å². The van der Waals surface area contributed by atoms with E-state index in [-0.39, 0.29) is 25.4 Å². The molecule has 0 aliphatic carbocycles. The number of fused-ring (bicyclic) bond motifs is 1. The lowest BCUT2D eigenvalue weighted by molar-refractivity contribution is -0.144. The highest BCUT2D eigenvalue weighted by Gasteiger charge is 2.37. The van der Waals surface area contributed by atoms with Gasteiger partial charge < -0.3 is 24.6 Å². The molecule has 0 bridgehead atoms. The standard InChI is InChI=1S/C22H23Cl2N5O4/c1-2-27(11-20(32)33)19(31)10-16-17(30)5-7-29(16)18-9-15(28-8-6-25-12-28)13-3-4-14(23)21(24)22(13)26-18/h3-4,6,8-9,12,16-17,30H,2,5,7,10-11H2,1H3,(H,32,33)/t16-,17+/m1/s1. The first-order valence-electron chi connectivity index (χ1n) is 10.5. The minimum absolute atomic E-state index is 0.0360. The van der Waals surface area contributed by atoms with Crippen LogP contribution in [0, 0.1) is 0 Å². The molecule has 3 aromatic rings. The van der Waals surface area contributed by atoms with E-state index in [1.54, 1.807) is 31.7 Å². The maximum atomic E-state index is 12.8. The van der Waals surface area contributed by atoms with Crippen molar-refractivity contribution in [3.63, 3.8) is 0 Å². The van der Waals surface area contributed by atoms with Gasteiger partial charge in [0.25, 0.3) is 0 Å². The summed E-state index contributed by atoms with van der Waals surface area (Å²) in [5.41, 5.74) is 1.27.